The highest BCUT2D eigenvalue weighted by molar-refractivity contribution is 5.93. The molecule has 5 heteroatoms. The zero-order chi connectivity index (χ0) is 14.2. The number of amides is 2. The molecule has 0 spiro atoms. The summed E-state index contributed by atoms with van der Waals surface area (Å²) in [6.07, 6.45) is 4.45. The van der Waals surface area contributed by atoms with E-state index >= 15 is 0 Å². The highest BCUT2D eigenvalue weighted by Crippen LogP contribution is 2.26. The predicted molar refractivity (Wildman–Crippen MR) is 81.1 cm³/mol. The highest BCUT2D eigenvalue weighted by atomic mass is 16.5. The number of anilines is 2. The van der Waals surface area contributed by atoms with Crippen LogP contribution in [0.1, 0.15) is 13.3 Å². The van der Waals surface area contributed by atoms with Crippen molar-refractivity contribution in [2.45, 2.75) is 13.3 Å². The predicted octanol–water partition coefficient (Wildman–Crippen LogP) is 2.57. The molecule has 108 valence electrons. The normalized spacial score (nSPS) is 15.3. The molecule has 0 aliphatic carbocycles. The van der Waals surface area contributed by atoms with Crippen LogP contribution in [0.2, 0.25) is 0 Å². The Balaban J connectivity index is 2.03. The molecule has 0 unspecified atom stereocenters. The maximum absolute atomic E-state index is 11.8. The summed E-state index contributed by atoms with van der Waals surface area (Å²) in [6.45, 7) is 5.15. The van der Waals surface area contributed by atoms with E-state index in [1.165, 1.54) is 0 Å². The second kappa shape index (κ2) is 7.55. The molecular weight excluding hydrogens is 254 g/mol. The van der Waals surface area contributed by atoms with Crippen molar-refractivity contribution in [3.05, 3.63) is 36.5 Å². The summed E-state index contributed by atoms with van der Waals surface area (Å²) in [5.74, 6) is 0. The summed E-state index contributed by atoms with van der Waals surface area (Å²) in [6, 6.07) is 7.60. The molecule has 2 amide bonds. The van der Waals surface area contributed by atoms with Gasteiger partial charge >= 0.3 is 6.03 Å². The number of rotatable bonds is 4. The molecule has 0 aromatic heterocycles. The lowest BCUT2D eigenvalue weighted by atomic mass is 10.2. The third-order valence-electron chi connectivity index (χ3n) is 3.07. The summed E-state index contributed by atoms with van der Waals surface area (Å²) in [7, 11) is 0. The van der Waals surface area contributed by atoms with E-state index in [1.807, 2.05) is 37.3 Å². The van der Waals surface area contributed by atoms with Crippen molar-refractivity contribution in [3.8, 4) is 0 Å². The van der Waals surface area contributed by atoms with Gasteiger partial charge in [0.2, 0.25) is 0 Å². The van der Waals surface area contributed by atoms with Gasteiger partial charge in [-0.1, -0.05) is 25.1 Å². The fourth-order valence-electron chi connectivity index (χ4n) is 2.07. The molecule has 1 heterocycles. The van der Waals surface area contributed by atoms with Crippen molar-refractivity contribution in [1.82, 2.24) is 5.32 Å². The Morgan fingerprint density at radius 1 is 1.35 bits per heavy atom. The Morgan fingerprint density at radius 2 is 2.10 bits per heavy atom. The highest BCUT2D eigenvalue weighted by Gasteiger charge is 2.15. The van der Waals surface area contributed by atoms with Crippen LogP contribution in [0.15, 0.2) is 36.5 Å². The summed E-state index contributed by atoms with van der Waals surface area (Å²) >= 11 is 0. The molecule has 1 aliphatic rings. The van der Waals surface area contributed by atoms with Crippen molar-refractivity contribution in [2.24, 2.45) is 0 Å². The van der Waals surface area contributed by atoms with Crippen LogP contribution in [0.25, 0.3) is 0 Å². The summed E-state index contributed by atoms with van der Waals surface area (Å²) in [5.41, 5.74) is 1.85. The monoisotopic (exact) mass is 275 g/mol. The van der Waals surface area contributed by atoms with E-state index in [-0.39, 0.29) is 6.03 Å². The lowest BCUT2D eigenvalue weighted by molar-refractivity contribution is 0.123. The van der Waals surface area contributed by atoms with Crippen molar-refractivity contribution >= 4 is 17.4 Å². The number of carbonyl (C=O) groups is 1. The van der Waals surface area contributed by atoms with Gasteiger partial charge in [0.15, 0.2) is 0 Å². The van der Waals surface area contributed by atoms with Gasteiger partial charge in [0.05, 0.1) is 24.6 Å². The number of hydrogen-bond acceptors (Lipinski definition) is 3. The Morgan fingerprint density at radius 3 is 2.85 bits per heavy atom. The number of allylic oxidation sites excluding steroid dienone is 1. The van der Waals surface area contributed by atoms with Crippen LogP contribution in [0.4, 0.5) is 16.2 Å². The van der Waals surface area contributed by atoms with Crippen LogP contribution >= 0.6 is 0 Å². The molecule has 20 heavy (non-hydrogen) atoms. The molecule has 0 bridgehead atoms. The number of nitrogens with one attached hydrogen (secondary N) is 2. The molecule has 0 saturated carbocycles. The van der Waals surface area contributed by atoms with Gasteiger partial charge in [-0.25, -0.2) is 4.79 Å². The lowest BCUT2D eigenvalue weighted by Gasteiger charge is -2.30. The van der Waals surface area contributed by atoms with Crippen molar-refractivity contribution < 1.29 is 9.53 Å². The molecule has 1 aromatic carbocycles. The fourth-order valence-corrected chi connectivity index (χ4v) is 2.07. The Kier molecular flexibility index (Phi) is 5.43. The topological polar surface area (TPSA) is 53.6 Å². The zero-order valence-electron chi connectivity index (χ0n) is 11.8. The van der Waals surface area contributed by atoms with Crippen LogP contribution in [0.5, 0.6) is 0 Å². The minimum absolute atomic E-state index is 0.226. The molecule has 0 atom stereocenters. The first-order chi connectivity index (χ1) is 9.81. The van der Waals surface area contributed by atoms with E-state index in [1.54, 1.807) is 6.20 Å². The first-order valence-corrected chi connectivity index (χ1v) is 6.95. The molecule has 0 radical (unpaired) electrons. The molecule has 1 fully saturated rings. The van der Waals surface area contributed by atoms with Gasteiger partial charge in [0, 0.05) is 19.3 Å². The van der Waals surface area contributed by atoms with E-state index in [9.17, 15) is 4.79 Å². The van der Waals surface area contributed by atoms with E-state index in [0.717, 1.165) is 44.1 Å². The van der Waals surface area contributed by atoms with Crippen LogP contribution in [0, 0.1) is 0 Å². The van der Waals surface area contributed by atoms with Crippen molar-refractivity contribution in [2.75, 3.05) is 36.5 Å². The second-order valence-corrected chi connectivity index (χ2v) is 4.53. The molecule has 2 rings (SSSR count). The maximum Gasteiger partial charge on any atom is 0.323 e. The average molecular weight is 275 g/mol. The molecule has 5 nitrogen and oxygen atoms in total. The first kappa shape index (κ1) is 14.4. The quantitative estimate of drug-likeness (QED) is 0.888. The number of benzene rings is 1. The van der Waals surface area contributed by atoms with Crippen LogP contribution in [-0.2, 0) is 4.74 Å². The molecule has 1 aromatic rings. The Hall–Kier alpha value is -2.01. The smallest absolute Gasteiger partial charge is 0.323 e. The standard InChI is InChI=1S/C15H21N3O2/c1-2-3-8-16-15(19)17-13-6-4-5-7-14(13)18-9-11-20-12-10-18/h3-8H,2,9-12H2,1H3,(H2,16,17,19)/b8-3+. The largest absolute Gasteiger partial charge is 0.378 e. The SMILES string of the molecule is CC/C=C/NC(=O)Nc1ccccc1N1CCOCC1. The van der Waals surface area contributed by atoms with Gasteiger partial charge in [-0.15, -0.1) is 0 Å². The maximum atomic E-state index is 11.8. The molecular formula is C15H21N3O2. The molecule has 1 aliphatic heterocycles. The summed E-state index contributed by atoms with van der Waals surface area (Å²) in [5, 5.41) is 5.57. The number of ether oxygens (including phenoxy) is 1. The Labute approximate surface area is 119 Å². The first-order valence-electron chi connectivity index (χ1n) is 6.95. The van der Waals surface area contributed by atoms with Crippen molar-refractivity contribution in [1.29, 1.82) is 0 Å². The fraction of sp³-hybridized carbons (Fsp3) is 0.400. The number of para-hydroxylation sites is 2. The van der Waals surface area contributed by atoms with E-state index in [4.69, 9.17) is 4.74 Å². The number of morpholine rings is 1. The van der Waals surface area contributed by atoms with Crippen LogP contribution in [0.3, 0.4) is 0 Å². The summed E-state index contributed by atoms with van der Waals surface area (Å²) in [4.78, 5) is 14.0. The molecule has 2 N–H and O–H groups in total. The second-order valence-electron chi connectivity index (χ2n) is 4.53. The van der Waals surface area contributed by atoms with Crippen molar-refractivity contribution in [3.63, 3.8) is 0 Å². The lowest BCUT2D eigenvalue weighted by Crippen LogP contribution is -2.37. The van der Waals surface area contributed by atoms with Gasteiger partial charge in [0.1, 0.15) is 0 Å². The number of urea groups is 1. The zero-order valence-corrected chi connectivity index (χ0v) is 11.8. The van der Waals surface area contributed by atoms with Crippen LogP contribution < -0.4 is 15.5 Å². The number of nitrogens with zero attached hydrogens (tertiary/aromatic N) is 1. The van der Waals surface area contributed by atoms with Gasteiger partial charge < -0.3 is 20.3 Å². The van der Waals surface area contributed by atoms with Gasteiger partial charge in [0.25, 0.3) is 0 Å². The number of hydrogen-bond donors (Lipinski definition) is 2. The minimum Gasteiger partial charge on any atom is -0.378 e. The van der Waals surface area contributed by atoms with Gasteiger partial charge in [-0.3, -0.25) is 0 Å². The van der Waals surface area contributed by atoms with Crippen LogP contribution in [-0.4, -0.2) is 32.3 Å². The third-order valence-corrected chi connectivity index (χ3v) is 3.07. The van der Waals surface area contributed by atoms with E-state index in [2.05, 4.69) is 15.5 Å². The third kappa shape index (κ3) is 3.99. The van der Waals surface area contributed by atoms with Gasteiger partial charge in [-0.2, -0.15) is 0 Å². The summed E-state index contributed by atoms with van der Waals surface area (Å²) < 4.78 is 5.36. The molecule has 1 saturated heterocycles. The van der Waals surface area contributed by atoms with E-state index < -0.39 is 0 Å². The Bertz CT molecular complexity index is 468. The van der Waals surface area contributed by atoms with Gasteiger partial charge in [-0.05, 0) is 18.6 Å². The minimum atomic E-state index is -0.226. The average Bonchev–Trinajstić information content (AvgIpc) is 2.49. The van der Waals surface area contributed by atoms with E-state index in [0.29, 0.717) is 0 Å². The number of carbonyl (C=O) groups excluding carboxylic acids is 1.